The number of hydrogen-bond acceptors (Lipinski definition) is 3. The highest BCUT2D eigenvalue weighted by molar-refractivity contribution is 5.11. The Balaban J connectivity index is 1.94. The average molecular weight is 196 g/mol. The topological polar surface area (TPSA) is 25.4 Å². The molecule has 2 heterocycles. The van der Waals surface area contributed by atoms with Crippen LogP contribution in [0.15, 0.2) is 18.3 Å². The van der Waals surface area contributed by atoms with Gasteiger partial charge in [-0.15, -0.1) is 0 Å². The first kappa shape index (κ1) is 9.40. The van der Waals surface area contributed by atoms with Gasteiger partial charge in [0.15, 0.2) is 0 Å². The largest absolute Gasteiger partial charge is 0.473 e. The minimum Gasteiger partial charge on any atom is -0.473 e. The van der Waals surface area contributed by atoms with Crippen molar-refractivity contribution in [2.75, 3.05) is 20.1 Å². The highest BCUT2D eigenvalue weighted by Crippen LogP contribution is 2.15. The van der Waals surface area contributed by atoms with Crippen molar-refractivity contribution in [3.63, 3.8) is 0 Å². The summed E-state index contributed by atoms with van der Waals surface area (Å²) in [6, 6.07) is 2.93. The second-order valence-corrected chi connectivity index (χ2v) is 3.61. The molecule has 4 heteroatoms. The van der Waals surface area contributed by atoms with E-state index in [1.54, 1.807) is 6.07 Å². The van der Waals surface area contributed by atoms with Crippen LogP contribution in [-0.2, 0) is 0 Å². The molecule has 1 aromatic rings. The Hall–Kier alpha value is -1.16. The maximum Gasteiger partial charge on any atom is 0.213 e. The molecule has 0 spiro atoms. The number of hydrogen-bond donors (Lipinski definition) is 0. The van der Waals surface area contributed by atoms with Gasteiger partial charge >= 0.3 is 0 Å². The van der Waals surface area contributed by atoms with Crippen LogP contribution in [0.1, 0.15) is 6.42 Å². The molecule has 0 amide bonds. The summed E-state index contributed by atoms with van der Waals surface area (Å²) in [5.74, 6) is 0.174. The van der Waals surface area contributed by atoms with Gasteiger partial charge in [0.1, 0.15) is 11.9 Å². The van der Waals surface area contributed by atoms with E-state index in [1.165, 1.54) is 12.3 Å². The van der Waals surface area contributed by atoms with Crippen molar-refractivity contribution in [1.82, 2.24) is 9.88 Å². The normalized spacial score (nSPS) is 22.6. The molecule has 0 N–H and O–H groups in total. The molecule has 1 fully saturated rings. The average Bonchev–Trinajstić information content (AvgIpc) is 2.56. The third-order valence-electron chi connectivity index (χ3n) is 2.34. The van der Waals surface area contributed by atoms with E-state index in [1.807, 2.05) is 0 Å². The minimum absolute atomic E-state index is 0.193. The molecule has 0 unspecified atom stereocenters. The molecule has 1 saturated heterocycles. The predicted octanol–water partition coefficient (Wildman–Crippen LogP) is 1.30. The zero-order chi connectivity index (χ0) is 9.97. The standard InChI is InChI=1S/C10H13FN2O/c1-13-5-4-9(7-13)14-10-3-2-8(11)6-12-10/h2-3,6,9H,4-5,7H2,1H3/t9-/m0/s1. The van der Waals surface area contributed by atoms with Crippen molar-refractivity contribution in [3.05, 3.63) is 24.1 Å². The van der Waals surface area contributed by atoms with Crippen molar-refractivity contribution < 1.29 is 9.13 Å². The fraction of sp³-hybridized carbons (Fsp3) is 0.500. The molecule has 1 aromatic heterocycles. The molecule has 0 saturated carbocycles. The first-order valence-electron chi connectivity index (χ1n) is 4.71. The molecule has 1 aliphatic heterocycles. The maximum absolute atomic E-state index is 12.5. The Morgan fingerprint density at radius 1 is 1.57 bits per heavy atom. The molecular weight excluding hydrogens is 183 g/mol. The van der Waals surface area contributed by atoms with E-state index in [2.05, 4.69) is 16.9 Å². The van der Waals surface area contributed by atoms with Gasteiger partial charge in [-0.25, -0.2) is 9.37 Å². The molecule has 2 rings (SSSR count). The van der Waals surface area contributed by atoms with Crippen LogP contribution in [0.3, 0.4) is 0 Å². The van der Waals surface area contributed by atoms with E-state index in [9.17, 15) is 4.39 Å². The first-order chi connectivity index (χ1) is 6.74. The lowest BCUT2D eigenvalue weighted by Gasteiger charge is -2.12. The summed E-state index contributed by atoms with van der Waals surface area (Å²) in [5, 5.41) is 0. The number of halogens is 1. The van der Waals surface area contributed by atoms with E-state index in [0.717, 1.165) is 19.5 Å². The van der Waals surface area contributed by atoms with E-state index < -0.39 is 0 Å². The van der Waals surface area contributed by atoms with E-state index in [4.69, 9.17) is 4.74 Å². The van der Waals surface area contributed by atoms with Crippen LogP contribution in [0.4, 0.5) is 4.39 Å². The molecule has 76 valence electrons. The highest BCUT2D eigenvalue weighted by atomic mass is 19.1. The van der Waals surface area contributed by atoms with Gasteiger partial charge in [0.05, 0.1) is 6.20 Å². The van der Waals surface area contributed by atoms with Crippen molar-refractivity contribution in [3.8, 4) is 5.88 Å². The molecule has 0 aliphatic carbocycles. The summed E-state index contributed by atoms with van der Waals surface area (Å²) in [4.78, 5) is 6.05. The number of pyridine rings is 1. The second kappa shape index (κ2) is 3.92. The summed E-state index contributed by atoms with van der Waals surface area (Å²) in [6.07, 6.45) is 2.38. The van der Waals surface area contributed by atoms with Gasteiger partial charge in [-0.05, 0) is 19.5 Å². The van der Waals surface area contributed by atoms with E-state index in [-0.39, 0.29) is 11.9 Å². The molecule has 14 heavy (non-hydrogen) atoms. The van der Waals surface area contributed by atoms with Gasteiger partial charge in [-0.3, -0.25) is 0 Å². The molecule has 0 aromatic carbocycles. The van der Waals surface area contributed by atoms with E-state index >= 15 is 0 Å². The second-order valence-electron chi connectivity index (χ2n) is 3.61. The van der Waals surface area contributed by atoms with Crippen LogP contribution < -0.4 is 4.74 Å². The van der Waals surface area contributed by atoms with Crippen LogP contribution >= 0.6 is 0 Å². The number of nitrogens with zero attached hydrogens (tertiary/aromatic N) is 2. The monoisotopic (exact) mass is 196 g/mol. The summed E-state index contributed by atoms with van der Waals surface area (Å²) >= 11 is 0. The Labute approximate surface area is 82.5 Å². The Morgan fingerprint density at radius 3 is 3.00 bits per heavy atom. The van der Waals surface area contributed by atoms with Gasteiger partial charge in [-0.2, -0.15) is 0 Å². The number of likely N-dealkylation sites (tertiary alicyclic amines) is 1. The third-order valence-corrected chi connectivity index (χ3v) is 2.34. The van der Waals surface area contributed by atoms with Gasteiger partial charge < -0.3 is 9.64 Å². The van der Waals surface area contributed by atoms with Crippen molar-refractivity contribution in [1.29, 1.82) is 0 Å². The minimum atomic E-state index is -0.333. The van der Waals surface area contributed by atoms with Crippen LogP contribution in [0.2, 0.25) is 0 Å². The fourth-order valence-corrected chi connectivity index (χ4v) is 1.59. The quantitative estimate of drug-likeness (QED) is 0.713. The lowest BCUT2D eigenvalue weighted by molar-refractivity contribution is 0.199. The molecular formula is C10H13FN2O. The summed E-state index contributed by atoms with van der Waals surface area (Å²) in [7, 11) is 2.06. The van der Waals surface area contributed by atoms with E-state index in [0.29, 0.717) is 5.88 Å². The first-order valence-corrected chi connectivity index (χ1v) is 4.71. The Morgan fingerprint density at radius 2 is 2.43 bits per heavy atom. The van der Waals surface area contributed by atoms with Crippen molar-refractivity contribution in [2.45, 2.75) is 12.5 Å². The molecule has 1 aliphatic rings. The number of aromatic nitrogens is 1. The van der Waals surface area contributed by atoms with Crippen LogP contribution in [-0.4, -0.2) is 36.1 Å². The maximum atomic E-state index is 12.5. The van der Waals surface area contributed by atoms with Gasteiger partial charge in [0, 0.05) is 19.2 Å². The van der Waals surface area contributed by atoms with Gasteiger partial charge in [-0.1, -0.05) is 0 Å². The third kappa shape index (κ3) is 2.20. The molecule has 0 radical (unpaired) electrons. The highest BCUT2D eigenvalue weighted by Gasteiger charge is 2.21. The van der Waals surface area contributed by atoms with Crippen molar-refractivity contribution in [2.24, 2.45) is 0 Å². The Kier molecular flexibility index (Phi) is 2.63. The number of rotatable bonds is 2. The fourth-order valence-electron chi connectivity index (χ4n) is 1.59. The zero-order valence-electron chi connectivity index (χ0n) is 8.11. The molecule has 3 nitrogen and oxygen atoms in total. The smallest absolute Gasteiger partial charge is 0.213 e. The van der Waals surface area contributed by atoms with Crippen LogP contribution in [0, 0.1) is 5.82 Å². The number of likely N-dealkylation sites (N-methyl/N-ethyl adjacent to an activating group) is 1. The lowest BCUT2D eigenvalue weighted by Crippen LogP contribution is -2.21. The predicted molar refractivity (Wildman–Crippen MR) is 50.7 cm³/mol. The van der Waals surface area contributed by atoms with Gasteiger partial charge in [0.2, 0.25) is 5.88 Å². The Bertz CT molecular complexity index is 301. The lowest BCUT2D eigenvalue weighted by atomic mass is 10.3. The van der Waals surface area contributed by atoms with Crippen molar-refractivity contribution >= 4 is 0 Å². The zero-order valence-corrected chi connectivity index (χ0v) is 8.11. The number of ether oxygens (including phenoxy) is 1. The van der Waals surface area contributed by atoms with Gasteiger partial charge in [0.25, 0.3) is 0 Å². The summed E-state index contributed by atoms with van der Waals surface area (Å²) in [5.41, 5.74) is 0. The van der Waals surface area contributed by atoms with Crippen LogP contribution in [0.5, 0.6) is 5.88 Å². The SMILES string of the molecule is CN1CC[C@H](Oc2ccc(F)cn2)C1. The molecule has 1 atom stereocenters. The molecule has 0 bridgehead atoms. The summed E-state index contributed by atoms with van der Waals surface area (Å²) in [6.45, 7) is 1.96. The summed E-state index contributed by atoms with van der Waals surface area (Å²) < 4.78 is 18.1. The van der Waals surface area contributed by atoms with Crippen LogP contribution in [0.25, 0.3) is 0 Å².